The van der Waals surface area contributed by atoms with Gasteiger partial charge in [-0.05, 0) is 36.8 Å². The lowest BCUT2D eigenvalue weighted by atomic mass is 10.1. The number of fused-ring (bicyclic) bond motifs is 3. The van der Waals surface area contributed by atoms with Crippen molar-refractivity contribution in [3.05, 3.63) is 42.0 Å². The summed E-state index contributed by atoms with van der Waals surface area (Å²) in [6.45, 7) is 2.06. The van der Waals surface area contributed by atoms with E-state index in [2.05, 4.69) is 19.1 Å². The normalized spacial score (nSPS) is 11.3. The van der Waals surface area contributed by atoms with Gasteiger partial charge >= 0.3 is 0 Å². The van der Waals surface area contributed by atoms with Crippen LogP contribution >= 0.6 is 0 Å². The molecular weight excluding hydrogens is 186 g/mol. The van der Waals surface area contributed by atoms with Crippen LogP contribution < -0.4 is 5.73 Å². The molecule has 0 aliphatic rings. The lowest BCUT2D eigenvalue weighted by Crippen LogP contribution is -1.81. The Morgan fingerprint density at radius 1 is 0.933 bits per heavy atom. The van der Waals surface area contributed by atoms with Crippen LogP contribution in [0.5, 0.6) is 0 Å². The van der Waals surface area contributed by atoms with Crippen LogP contribution in [0, 0.1) is 6.92 Å². The number of aryl methyl sites for hydroxylation is 1. The second-order valence-electron chi connectivity index (χ2n) is 3.86. The van der Waals surface area contributed by atoms with Crippen molar-refractivity contribution in [2.45, 2.75) is 6.92 Å². The van der Waals surface area contributed by atoms with Gasteiger partial charge in [-0.15, -0.1) is 0 Å². The van der Waals surface area contributed by atoms with Gasteiger partial charge in [0.1, 0.15) is 11.2 Å². The van der Waals surface area contributed by atoms with E-state index in [4.69, 9.17) is 10.2 Å². The van der Waals surface area contributed by atoms with Crippen molar-refractivity contribution in [2.24, 2.45) is 0 Å². The fraction of sp³-hybridized carbons (Fsp3) is 0.0769. The Bertz CT molecular complexity index is 652. The number of benzene rings is 2. The lowest BCUT2D eigenvalue weighted by Gasteiger charge is -1.92. The van der Waals surface area contributed by atoms with Crippen LogP contribution in [-0.4, -0.2) is 0 Å². The second-order valence-corrected chi connectivity index (χ2v) is 3.86. The Morgan fingerprint density at radius 2 is 1.80 bits per heavy atom. The molecular formula is C13H11NO. The molecule has 0 saturated carbocycles. The molecule has 74 valence electrons. The van der Waals surface area contributed by atoms with Crippen molar-refractivity contribution in [1.29, 1.82) is 0 Å². The summed E-state index contributed by atoms with van der Waals surface area (Å²) in [6.07, 6.45) is 0. The SMILES string of the molecule is Cc1ccc2c(c1)oc1ccc(N)cc12. The van der Waals surface area contributed by atoms with Gasteiger partial charge in [-0.3, -0.25) is 0 Å². The summed E-state index contributed by atoms with van der Waals surface area (Å²) in [5.41, 5.74) is 9.55. The predicted molar refractivity (Wildman–Crippen MR) is 62.9 cm³/mol. The number of hydrogen-bond acceptors (Lipinski definition) is 2. The number of furan rings is 1. The molecule has 0 amide bonds. The molecule has 0 unspecified atom stereocenters. The van der Waals surface area contributed by atoms with Crippen molar-refractivity contribution in [1.82, 2.24) is 0 Å². The fourth-order valence-corrected chi connectivity index (χ4v) is 1.90. The smallest absolute Gasteiger partial charge is 0.135 e. The molecule has 0 saturated heterocycles. The zero-order chi connectivity index (χ0) is 10.4. The molecule has 3 rings (SSSR count). The van der Waals surface area contributed by atoms with Gasteiger partial charge in [0.05, 0.1) is 0 Å². The molecule has 1 aromatic heterocycles. The van der Waals surface area contributed by atoms with Gasteiger partial charge in [0.25, 0.3) is 0 Å². The Morgan fingerprint density at radius 3 is 2.67 bits per heavy atom. The standard InChI is InChI=1S/C13H11NO/c1-8-2-4-10-11-7-9(14)3-5-12(11)15-13(10)6-8/h2-7H,14H2,1H3. The first kappa shape index (κ1) is 8.36. The van der Waals surface area contributed by atoms with Crippen LogP contribution in [0.4, 0.5) is 5.69 Å². The molecule has 1 heterocycles. The Labute approximate surface area is 87.3 Å². The Balaban J connectivity index is 2.53. The van der Waals surface area contributed by atoms with E-state index in [-0.39, 0.29) is 0 Å². The van der Waals surface area contributed by atoms with E-state index in [0.29, 0.717) is 0 Å². The van der Waals surface area contributed by atoms with E-state index in [1.807, 2.05) is 24.3 Å². The molecule has 0 aliphatic carbocycles. The number of anilines is 1. The van der Waals surface area contributed by atoms with Crippen LogP contribution in [-0.2, 0) is 0 Å². The van der Waals surface area contributed by atoms with Gasteiger partial charge in [-0.25, -0.2) is 0 Å². The molecule has 0 spiro atoms. The summed E-state index contributed by atoms with van der Waals surface area (Å²) >= 11 is 0. The first-order valence-corrected chi connectivity index (χ1v) is 4.92. The Hall–Kier alpha value is -1.96. The van der Waals surface area contributed by atoms with Crippen LogP contribution in [0.2, 0.25) is 0 Å². The van der Waals surface area contributed by atoms with Gasteiger partial charge in [0.2, 0.25) is 0 Å². The van der Waals surface area contributed by atoms with E-state index in [1.54, 1.807) is 0 Å². The van der Waals surface area contributed by atoms with E-state index < -0.39 is 0 Å². The molecule has 15 heavy (non-hydrogen) atoms. The van der Waals surface area contributed by atoms with Crippen LogP contribution in [0.15, 0.2) is 40.8 Å². The first-order chi connectivity index (χ1) is 7.24. The summed E-state index contributed by atoms with van der Waals surface area (Å²) in [7, 11) is 0. The maximum Gasteiger partial charge on any atom is 0.135 e. The molecule has 2 N–H and O–H groups in total. The average molecular weight is 197 g/mol. The molecule has 0 atom stereocenters. The third kappa shape index (κ3) is 1.18. The van der Waals surface area contributed by atoms with Crippen molar-refractivity contribution in [3.8, 4) is 0 Å². The largest absolute Gasteiger partial charge is 0.456 e. The van der Waals surface area contributed by atoms with E-state index in [1.165, 1.54) is 5.56 Å². The topological polar surface area (TPSA) is 39.2 Å². The van der Waals surface area contributed by atoms with Crippen molar-refractivity contribution < 1.29 is 4.42 Å². The maximum absolute atomic E-state index is 5.76. The highest BCUT2D eigenvalue weighted by Gasteiger charge is 2.06. The minimum atomic E-state index is 0.769. The van der Waals surface area contributed by atoms with E-state index >= 15 is 0 Å². The monoisotopic (exact) mass is 197 g/mol. The molecule has 2 aromatic carbocycles. The van der Waals surface area contributed by atoms with E-state index in [0.717, 1.165) is 27.6 Å². The van der Waals surface area contributed by atoms with Gasteiger partial charge in [0, 0.05) is 16.5 Å². The van der Waals surface area contributed by atoms with Crippen LogP contribution in [0.1, 0.15) is 5.56 Å². The fourth-order valence-electron chi connectivity index (χ4n) is 1.90. The molecule has 0 radical (unpaired) electrons. The van der Waals surface area contributed by atoms with Crippen LogP contribution in [0.25, 0.3) is 21.9 Å². The highest BCUT2D eigenvalue weighted by molar-refractivity contribution is 6.05. The van der Waals surface area contributed by atoms with Crippen molar-refractivity contribution in [3.63, 3.8) is 0 Å². The highest BCUT2D eigenvalue weighted by atomic mass is 16.3. The Kier molecular flexibility index (Phi) is 1.54. The molecule has 0 aliphatic heterocycles. The molecule has 0 bridgehead atoms. The van der Waals surface area contributed by atoms with Gasteiger partial charge in [-0.1, -0.05) is 12.1 Å². The quantitative estimate of drug-likeness (QED) is 0.560. The number of rotatable bonds is 0. The maximum atomic E-state index is 5.76. The summed E-state index contributed by atoms with van der Waals surface area (Å²) in [5, 5.41) is 2.22. The number of nitrogen functional groups attached to an aromatic ring is 1. The predicted octanol–water partition coefficient (Wildman–Crippen LogP) is 3.48. The third-order valence-corrected chi connectivity index (χ3v) is 2.65. The molecule has 2 nitrogen and oxygen atoms in total. The van der Waals surface area contributed by atoms with Gasteiger partial charge in [0.15, 0.2) is 0 Å². The molecule has 3 aromatic rings. The average Bonchev–Trinajstić information content (AvgIpc) is 2.54. The summed E-state index contributed by atoms with van der Waals surface area (Å²) in [5.74, 6) is 0. The zero-order valence-electron chi connectivity index (χ0n) is 8.45. The van der Waals surface area contributed by atoms with Crippen molar-refractivity contribution in [2.75, 3.05) is 5.73 Å². The van der Waals surface area contributed by atoms with Crippen LogP contribution in [0.3, 0.4) is 0 Å². The third-order valence-electron chi connectivity index (χ3n) is 2.65. The first-order valence-electron chi connectivity index (χ1n) is 4.92. The molecule has 0 fully saturated rings. The van der Waals surface area contributed by atoms with E-state index in [9.17, 15) is 0 Å². The minimum Gasteiger partial charge on any atom is -0.456 e. The molecule has 2 heteroatoms. The summed E-state index contributed by atoms with van der Waals surface area (Å²) in [6, 6.07) is 11.9. The van der Waals surface area contributed by atoms with Gasteiger partial charge < -0.3 is 10.2 Å². The van der Waals surface area contributed by atoms with Gasteiger partial charge in [-0.2, -0.15) is 0 Å². The highest BCUT2D eigenvalue weighted by Crippen LogP contribution is 2.30. The lowest BCUT2D eigenvalue weighted by molar-refractivity contribution is 0.668. The number of hydrogen-bond donors (Lipinski definition) is 1. The minimum absolute atomic E-state index is 0.769. The summed E-state index contributed by atoms with van der Waals surface area (Å²) < 4.78 is 5.73. The number of nitrogens with two attached hydrogens (primary N) is 1. The summed E-state index contributed by atoms with van der Waals surface area (Å²) in [4.78, 5) is 0. The zero-order valence-corrected chi connectivity index (χ0v) is 8.45. The van der Waals surface area contributed by atoms with Crippen molar-refractivity contribution >= 4 is 27.6 Å². The second kappa shape index (κ2) is 2.76.